The Morgan fingerprint density at radius 2 is 1.46 bits per heavy atom. The number of fused-ring (bicyclic) bond motifs is 1. The maximum absolute atomic E-state index is 13.3. The summed E-state index contributed by atoms with van der Waals surface area (Å²) in [4.78, 5) is 26.5. The Morgan fingerprint density at radius 3 is 2.11 bits per heavy atom. The number of rotatable bonds is 3. The molecule has 5 nitrogen and oxygen atoms in total. The van der Waals surface area contributed by atoms with Crippen molar-refractivity contribution in [2.45, 2.75) is 13.8 Å². The van der Waals surface area contributed by atoms with E-state index in [0.29, 0.717) is 20.3 Å². The zero-order valence-electron chi connectivity index (χ0n) is 15.5. The monoisotopic (exact) mass is 370 g/mol. The first kappa shape index (κ1) is 17.7. The second kappa shape index (κ2) is 6.78. The van der Waals surface area contributed by atoms with E-state index in [0.717, 1.165) is 11.1 Å². The molecule has 138 valence electrons. The van der Waals surface area contributed by atoms with E-state index in [1.807, 2.05) is 19.9 Å². The molecule has 0 fully saturated rings. The molecule has 0 radical (unpaired) electrons. The molecule has 0 aliphatic carbocycles. The highest BCUT2D eigenvalue weighted by Gasteiger charge is 2.29. The molecule has 1 aromatic heterocycles. The Labute approximate surface area is 161 Å². The number of aromatic nitrogens is 2. The number of carbonyl (C=O) groups excluding carboxylic acids is 1. The van der Waals surface area contributed by atoms with Crippen LogP contribution in [0.5, 0.6) is 0 Å². The molecule has 0 aliphatic heterocycles. The lowest BCUT2D eigenvalue weighted by Gasteiger charge is -2.19. The van der Waals surface area contributed by atoms with Crippen LogP contribution in [0.4, 0.5) is 0 Å². The molecule has 0 unspecified atom stereocenters. The van der Waals surface area contributed by atoms with E-state index in [2.05, 4.69) is 0 Å². The van der Waals surface area contributed by atoms with Crippen LogP contribution in [0.2, 0.25) is 0 Å². The first-order valence-electron chi connectivity index (χ1n) is 8.94. The first-order valence-corrected chi connectivity index (χ1v) is 8.94. The second-order valence-corrected chi connectivity index (χ2v) is 6.77. The number of benzene rings is 3. The van der Waals surface area contributed by atoms with Crippen molar-refractivity contribution in [2.75, 3.05) is 0 Å². The van der Waals surface area contributed by atoms with Crippen molar-refractivity contribution in [3.05, 3.63) is 105 Å². The van der Waals surface area contributed by atoms with E-state index in [9.17, 15) is 14.9 Å². The normalized spacial score (nSPS) is 10.9. The maximum atomic E-state index is 13.3. The van der Waals surface area contributed by atoms with Gasteiger partial charge in [0.15, 0.2) is 5.69 Å². The van der Waals surface area contributed by atoms with Crippen LogP contribution in [0.15, 0.2) is 72.8 Å². The maximum Gasteiger partial charge on any atom is 0.298 e. The lowest BCUT2D eigenvalue weighted by atomic mass is 10.0. The molecular weight excluding hydrogens is 352 g/mol. The molecule has 0 atom stereocenters. The van der Waals surface area contributed by atoms with E-state index in [-0.39, 0.29) is 22.4 Å². The molecule has 28 heavy (non-hydrogen) atoms. The standard InChI is InChI=1S/C23H18N2O3/c1-15-13-19-20(14-16(15)2)25(28)22(23(26)18-11-7-4-8-12-18)21(24(19)27)17-9-5-3-6-10-17/h3-14H,1-2H3. The van der Waals surface area contributed by atoms with Gasteiger partial charge in [-0.3, -0.25) is 4.79 Å². The molecule has 4 rings (SSSR count). The molecule has 0 N–H and O–H groups in total. The third-order valence-corrected chi connectivity index (χ3v) is 4.96. The number of carbonyl (C=O) groups is 1. The van der Waals surface area contributed by atoms with Crippen molar-refractivity contribution in [1.82, 2.24) is 4.73 Å². The van der Waals surface area contributed by atoms with Crippen molar-refractivity contribution >= 4 is 16.8 Å². The molecule has 0 bridgehead atoms. The average Bonchev–Trinajstić information content (AvgIpc) is 2.72. The highest BCUT2D eigenvalue weighted by Crippen LogP contribution is 2.26. The zero-order chi connectivity index (χ0) is 19.8. The van der Waals surface area contributed by atoms with Gasteiger partial charge in [-0.15, -0.1) is 0 Å². The summed E-state index contributed by atoms with van der Waals surface area (Å²) in [5, 5.41) is 13.3. The van der Waals surface area contributed by atoms with Crippen LogP contribution in [0.3, 0.4) is 0 Å². The molecule has 5 heteroatoms. The number of ketones is 1. The quantitative estimate of drug-likeness (QED) is 0.396. The van der Waals surface area contributed by atoms with Gasteiger partial charge in [-0.1, -0.05) is 48.5 Å². The van der Waals surface area contributed by atoms with Crippen molar-refractivity contribution in [2.24, 2.45) is 0 Å². The van der Waals surface area contributed by atoms with E-state index in [1.165, 1.54) is 0 Å². The van der Waals surface area contributed by atoms with Gasteiger partial charge in [0.05, 0.1) is 9.99 Å². The topological polar surface area (TPSA) is 68.0 Å². The first-order chi connectivity index (χ1) is 13.5. The summed E-state index contributed by atoms with van der Waals surface area (Å²) in [5.74, 6) is -0.487. The fourth-order valence-corrected chi connectivity index (χ4v) is 3.32. The summed E-state index contributed by atoms with van der Waals surface area (Å²) in [5.41, 5.74) is 2.94. The molecule has 1 heterocycles. The summed E-state index contributed by atoms with van der Waals surface area (Å²) in [6.45, 7) is 3.75. The lowest BCUT2D eigenvalue weighted by molar-refractivity contribution is -0.452. The zero-order valence-corrected chi connectivity index (χ0v) is 15.5. The van der Waals surface area contributed by atoms with E-state index in [4.69, 9.17) is 0 Å². The predicted octanol–water partition coefficient (Wildman–Crippen LogP) is 4.42. The molecule has 0 saturated carbocycles. The number of aryl methyl sites for hydroxylation is 2. The van der Waals surface area contributed by atoms with Gasteiger partial charge >= 0.3 is 0 Å². The Kier molecular flexibility index (Phi) is 4.28. The van der Waals surface area contributed by atoms with Crippen LogP contribution in [0, 0.1) is 24.0 Å². The molecule has 4 aromatic rings. The predicted molar refractivity (Wildman–Crippen MR) is 109 cm³/mol. The van der Waals surface area contributed by atoms with E-state index < -0.39 is 5.78 Å². The third-order valence-electron chi connectivity index (χ3n) is 4.96. The summed E-state index contributed by atoms with van der Waals surface area (Å²) in [6.07, 6.45) is 0. The Morgan fingerprint density at radius 1 is 0.893 bits per heavy atom. The van der Waals surface area contributed by atoms with Crippen LogP contribution in [-0.4, -0.2) is 10.5 Å². The molecule has 0 saturated heterocycles. The van der Waals surface area contributed by atoms with Crippen LogP contribution < -0.4 is 4.43 Å². The highest BCUT2D eigenvalue weighted by atomic mass is 16.5. The van der Waals surface area contributed by atoms with Crippen LogP contribution >= 0.6 is 0 Å². The summed E-state index contributed by atoms with van der Waals surface area (Å²) < 4.78 is 1.29. The molecular formula is C23H18N2O3. The van der Waals surface area contributed by atoms with Gasteiger partial charge in [0.25, 0.3) is 11.2 Å². The van der Waals surface area contributed by atoms with Gasteiger partial charge in [-0.25, -0.2) is 0 Å². The minimum atomic E-state index is -0.487. The van der Waals surface area contributed by atoms with Crippen LogP contribution in [0.1, 0.15) is 27.2 Å². The number of hydrogen-bond donors (Lipinski definition) is 0. The minimum absolute atomic E-state index is 0.0557. The Balaban J connectivity index is 2.15. The Bertz CT molecular complexity index is 1260. The lowest BCUT2D eigenvalue weighted by Crippen LogP contribution is -2.28. The Hall–Kier alpha value is -3.73. The minimum Gasteiger partial charge on any atom is -0.805 e. The van der Waals surface area contributed by atoms with Crippen LogP contribution in [0.25, 0.3) is 22.3 Å². The molecule has 0 spiro atoms. The average molecular weight is 370 g/mol. The highest BCUT2D eigenvalue weighted by molar-refractivity contribution is 6.11. The molecule has 3 aromatic carbocycles. The third kappa shape index (κ3) is 2.77. The van der Waals surface area contributed by atoms with Crippen LogP contribution in [-0.2, 0) is 0 Å². The van der Waals surface area contributed by atoms with Gasteiger partial charge in [0.1, 0.15) is 5.52 Å². The molecule has 0 aliphatic rings. The fourth-order valence-electron chi connectivity index (χ4n) is 3.32. The molecule has 0 amide bonds. The van der Waals surface area contributed by atoms with Crippen molar-refractivity contribution in [3.8, 4) is 11.3 Å². The van der Waals surface area contributed by atoms with Gasteiger partial charge in [0, 0.05) is 16.5 Å². The van der Waals surface area contributed by atoms with Gasteiger partial charge < -0.3 is 9.94 Å². The fraction of sp³-hybridized carbons (Fsp3) is 0.0870. The summed E-state index contributed by atoms with van der Waals surface area (Å²) in [6, 6.07) is 20.7. The van der Waals surface area contributed by atoms with Gasteiger partial charge in [0.2, 0.25) is 5.78 Å². The summed E-state index contributed by atoms with van der Waals surface area (Å²) in [7, 11) is 0. The van der Waals surface area contributed by atoms with Crippen molar-refractivity contribution in [1.29, 1.82) is 0 Å². The number of nitrogens with zero attached hydrogens (tertiary/aromatic N) is 2. The number of hydrogen-bond acceptors (Lipinski definition) is 3. The SMILES string of the molecule is Cc1cc2c(cc1C)[n+](=O)c(-c1ccccc1)c(C(=O)c1ccccc1)n2[O-]. The van der Waals surface area contributed by atoms with Crippen molar-refractivity contribution < 1.29 is 9.22 Å². The second-order valence-electron chi connectivity index (χ2n) is 6.77. The summed E-state index contributed by atoms with van der Waals surface area (Å²) >= 11 is 0. The largest absolute Gasteiger partial charge is 0.805 e. The van der Waals surface area contributed by atoms with Gasteiger partial charge in [-0.2, -0.15) is 0 Å². The van der Waals surface area contributed by atoms with E-state index >= 15 is 0 Å². The van der Waals surface area contributed by atoms with E-state index in [1.54, 1.807) is 66.7 Å². The smallest absolute Gasteiger partial charge is 0.298 e. The van der Waals surface area contributed by atoms with Gasteiger partial charge in [-0.05, 0) is 43.2 Å². The van der Waals surface area contributed by atoms with Crippen molar-refractivity contribution in [3.63, 3.8) is 0 Å².